The van der Waals surface area contributed by atoms with Crippen molar-refractivity contribution in [3.05, 3.63) is 149 Å². The van der Waals surface area contributed by atoms with Crippen LogP contribution >= 0.6 is 0 Å². The maximum atomic E-state index is 13.4. The predicted molar refractivity (Wildman–Crippen MR) is 188 cm³/mol. The van der Waals surface area contributed by atoms with E-state index in [1.807, 2.05) is 67.6 Å². The van der Waals surface area contributed by atoms with Crippen LogP contribution in [-0.4, -0.2) is 44.5 Å². The van der Waals surface area contributed by atoms with Crippen LogP contribution in [0.15, 0.2) is 126 Å². The third-order valence-electron chi connectivity index (χ3n) is 8.00. The van der Waals surface area contributed by atoms with Crippen molar-refractivity contribution in [1.82, 2.24) is 15.0 Å². The molecule has 0 fully saturated rings. The van der Waals surface area contributed by atoms with Gasteiger partial charge in [0, 0.05) is 28.9 Å². The maximum Gasteiger partial charge on any atom is 0.323 e. The Morgan fingerprint density at radius 3 is 2.00 bits per heavy atom. The highest BCUT2D eigenvalue weighted by molar-refractivity contribution is 5.97. The topological polar surface area (TPSA) is 126 Å². The van der Waals surface area contributed by atoms with Crippen molar-refractivity contribution in [3.63, 3.8) is 0 Å². The van der Waals surface area contributed by atoms with Crippen LogP contribution in [0.1, 0.15) is 32.6 Å². The lowest BCUT2D eigenvalue weighted by Gasteiger charge is -2.21. The Hall–Kier alpha value is -6.35. The van der Waals surface area contributed by atoms with Crippen molar-refractivity contribution in [2.45, 2.75) is 26.8 Å². The molecule has 5 aromatic carbocycles. The van der Waals surface area contributed by atoms with Gasteiger partial charge in [-0.05, 0) is 72.5 Å². The molecule has 0 aliphatic heterocycles. The van der Waals surface area contributed by atoms with Crippen LogP contribution in [-0.2, 0) is 22.6 Å². The summed E-state index contributed by atoms with van der Waals surface area (Å²) in [6.07, 6.45) is 0.226. The van der Waals surface area contributed by atoms with Crippen LogP contribution in [0.2, 0.25) is 0 Å². The lowest BCUT2D eigenvalue weighted by atomic mass is 10.0. The first kappa shape index (κ1) is 32.6. The Kier molecular flexibility index (Phi) is 9.71. The molecule has 1 aromatic heterocycles. The quantitative estimate of drug-likeness (QED) is 0.148. The molecule has 244 valence electrons. The largest absolute Gasteiger partial charge is 0.480 e. The number of carboxylic acids is 1. The van der Waals surface area contributed by atoms with Gasteiger partial charge >= 0.3 is 5.97 Å². The Morgan fingerprint density at radius 2 is 1.35 bits per heavy atom. The van der Waals surface area contributed by atoms with Crippen molar-refractivity contribution in [2.24, 2.45) is 0 Å². The van der Waals surface area contributed by atoms with Gasteiger partial charge in [-0.2, -0.15) is 4.98 Å². The first-order chi connectivity index (χ1) is 23.7. The smallest absolute Gasteiger partial charge is 0.323 e. The molecule has 0 spiro atoms. The van der Waals surface area contributed by atoms with Crippen molar-refractivity contribution in [1.29, 1.82) is 0 Å². The fourth-order valence-electron chi connectivity index (χ4n) is 5.44. The monoisotopic (exact) mass is 650 g/mol. The number of nitrogens with zero attached hydrogens (tertiary/aromatic N) is 3. The molecule has 9 nitrogen and oxygen atoms in total. The molecule has 0 bridgehead atoms. The number of nitrogens with one attached hydrogen (secondary N) is 1. The van der Waals surface area contributed by atoms with Gasteiger partial charge < -0.3 is 19.8 Å². The normalized spacial score (nSPS) is 10.8. The van der Waals surface area contributed by atoms with Gasteiger partial charge in [-0.15, -0.1) is 0 Å². The van der Waals surface area contributed by atoms with Crippen LogP contribution in [0, 0.1) is 13.8 Å². The highest BCUT2D eigenvalue weighted by Gasteiger charge is 2.20. The standard InChI is InChI=1S/C40H34N4O5/c1-26-6-10-30(11-7-26)31-14-16-33(17-15-31)39-42-38(43-49-39)32-12-8-28(9-13-32)24-44(25-37(46)47)40(48)34-18-20-35(21-19-34)41-36(45)23-29-5-3-4-27(2)22-29/h3-22H,23-25H2,1-2H3,(H,41,45)(H,46,47). The number of aromatic nitrogens is 2. The molecule has 0 aliphatic carbocycles. The van der Waals surface area contributed by atoms with E-state index in [2.05, 4.69) is 46.6 Å². The summed E-state index contributed by atoms with van der Waals surface area (Å²) in [6, 6.07) is 37.6. The molecule has 2 N–H and O–H groups in total. The Bertz CT molecular complexity index is 2090. The number of hydrogen-bond acceptors (Lipinski definition) is 6. The van der Waals surface area contributed by atoms with Gasteiger partial charge in [0.05, 0.1) is 6.42 Å². The zero-order chi connectivity index (χ0) is 34.3. The molecule has 49 heavy (non-hydrogen) atoms. The molecule has 0 saturated heterocycles. The Morgan fingerprint density at radius 1 is 0.714 bits per heavy atom. The van der Waals surface area contributed by atoms with E-state index in [4.69, 9.17) is 4.52 Å². The molecule has 0 atom stereocenters. The van der Waals surface area contributed by atoms with Crippen molar-refractivity contribution >= 4 is 23.5 Å². The van der Waals surface area contributed by atoms with Gasteiger partial charge in [0.2, 0.25) is 11.7 Å². The minimum absolute atomic E-state index is 0.0746. The van der Waals surface area contributed by atoms with E-state index in [1.165, 1.54) is 10.5 Å². The second-order valence-electron chi connectivity index (χ2n) is 11.9. The van der Waals surface area contributed by atoms with Crippen LogP contribution in [0.3, 0.4) is 0 Å². The van der Waals surface area contributed by atoms with E-state index in [1.54, 1.807) is 36.4 Å². The second kappa shape index (κ2) is 14.6. The first-order valence-corrected chi connectivity index (χ1v) is 15.8. The molecule has 0 aliphatic rings. The number of aliphatic carboxylic acids is 1. The van der Waals surface area contributed by atoms with E-state index < -0.39 is 18.4 Å². The third kappa shape index (κ3) is 8.33. The SMILES string of the molecule is Cc1ccc(-c2ccc(-c3nc(-c4ccc(CN(CC(=O)O)C(=O)c5ccc(NC(=O)Cc6cccc(C)c6)cc5)cc4)no3)cc2)cc1. The zero-order valence-electron chi connectivity index (χ0n) is 27.1. The van der Waals surface area contributed by atoms with Crippen molar-refractivity contribution < 1.29 is 24.0 Å². The number of hydrogen-bond donors (Lipinski definition) is 2. The summed E-state index contributed by atoms with van der Waals surface area (Å²) < 4.78 is 5.54. The zero-order valence-corrected chi connectivity index (χ0v) is 27.1. The molecular formula is C40H34N4O5. The fraction of sp³-hybridized carbons (Fsp3) is 0.125. The van der Waals surface area contributed by atoms with E-state index >= 15 is 0 Å². The molecule has 0 unspecified atom stereocenters. The summed E-state index contributed by atoms with van der Waals surface area (Å²) in [6.45, 7) is 3.62. The first-order valence-electron chi connectivity index (χ1n) is 15.8. The Balaban J connectivity index is 1.09. The molecule has 1 heterocycles. The number of rotatable bonds is 11. The predicted octanol–water partition coefficient (Wildman–Crippen LogP) is 7.60. The van der Waals surface area contributed by atoms with Gasteiger partial charge in [-0.1, -0.05) is 101 Å². The van der Waals surface area contributed by atoms with E-state index in [0.29, 0.717) is 28.5 Å². The van der Waals surface area contributed by atoms with Gasteiger partial charge in [-0.25, -0.2) is 0 Å². The summed E-state index contributed by atoms with van der Waals surface area (Å²) in [5, 5.41) is 16.5. The van der Waals surface area contributed by atoms with Crippen molar-refractivity contribution in [2.75, 3.05) is 11.9 Å². The Labute approximate surface area is 283 Å². The lowest BCUT2D eigenvalue weighted by Crippen LogP contribution is -2.35. The molecular weight excluding hydrogens is 616 g/mol. The summed E-state index contributed by atoms with van der Waals surface area (Å²) in [5.74, 6) is -0.944. The number of carbonyl (C=O) groups is 3. The van der Waals surface area contributed by atoms with Gasteiger partial charge in [0.25, 0.3) is 11.8 Å². The summed E-state index contributed by atoms with van der Waals surface area (Å²) in [5.41, 5.74) is 8.49. The number of aryl methyl sites for hydroxylation is 2. The third-order valence-corrected chi connectivity index (χ3v) is 8.00. The maximum absolute atomic E-state index is 13.4. The highest BCUT2D eigenvalue weighted by Crippen LogP contribution is 2.26. The van der Waals surface area contributed by atoms with E-state index in [9.17, 15) is 19.5 Å². The minimum atomic E-state index is -1.13. The van der Waals surface area contributed by atoms with Crippen LogP contribution in [0.4, 0.5) is 5.69 Å². The lowest BCUT2D eigenvalue weighted by molar-refractivity contribution is -0.137. The molecule has 0 radical (unpaired) electrons. The summed E-state index contributed by atoms with van der Waals surface area (Å²) >= 11 is 0. The fourth-order valence-corrected chi connectivity index (χ4v) is 5.44. The average molecular weight is 651 g/mol. The van der Waals surface area contributed by atoms with E-state index in [0.717, 1.165) is 33.4 Å². The highest BCUT2D eigenvalue weighted by atomic mass is 16.5. The van der Waals surface area contributed by atoms with Crippen LogP contribution < -0.4 is 5.32 Å². The molecule has 6 rings (SSSR count). The molecule has 0 saturated carbocycles. The molecule has 6 aromatic rings. The van der Waals surface area contributed by atoms with Gasteiger partial charge in [0.1, 0.15) is 6.54 Å². The van der Waals surface area contributed by atoms with E-state index in [-0.39, 0.29) is 18.9 Å². The minimum Gasteiger partial charge on any atom is -0.480 e. The second-order valence-corrected chi connectivity index (χ2v) is 11.9. The number of carboxylic acid groups (broad SMARTS) is 1. The number of amides is 2. The van der Waals surface area contributed by atoms with Gasteiger partial charge in [-0.3, -0.25) is 14.4 Å². The summed E-state index contributed by atoms with van der Waals surface area (Å²) in [7, 11) is 0. The number of carbonyl (C=O) groups excluding carboxylic acids is 2. The number of benzene rings is 5. The van der Waals surface area contributed by atoms with Crippen LogP contribution in [0.25, 0.3) is 34.0 Å². The van der Waals surface area contributed by atoms with Crippen LogP contribution in [0.5, 0.6) is 0 Å². The van der Waals surface area contributed by atoms with Crippen molar-refractivity contribution in [3.8, 4) is 34.0 Å². The molecule has 9 heteroatoms. The molecule has 2 amide bonds. The summed E-state index contributed by atoms with van der Waals surface area (Å²) in [4.78, 5) is 43.4. The van der Waals surface area contributed by atoms with Gasteiger partial charge in [0.15, 0.2) is 0 Å². The average Bonchev–Trinajstić information content (AvgIpc) is 3.59. The number of anilines is 1.